The molecule has 21 heavy (non-hydrogen) atoms. The SMILES string of the molecule is CC1=C(C#N)Oc2n[nH]c(N)c2C12CC(C)N(C)C[C@@H]2C. The molecule has 0 radical (unpaired) electrons. The van der Waals surface area contributed by atoms with Crippen LogP contribution in [-0.4, -0.2) is 34.7 Å². The number of likely N-dealkylation sites (tertiary alicyclic amines) is 1. The molecule has 2 aliphatic heterocycles. The topological polar surface area (TPSA) is 91.0 Å². The summed E-state index contributed by atoms with van der Waals surface area (Å²) in [6.45, 7) is 7.35. The Kier molecular flexibility index (Phi) is 2.99. The van der Waals surface area contributed by atoms with Crippen molar-refractivity contribution in [2.24, 2.45) is 5.92 Å². The Morgan fingerprint density at radius 2 is 2.24 bits per heavy atom. The van der Waals surface area contributed by atoms with Gasteiger partial charge in [0, 0.05) is 18.0 Å². The zero-order chi connectivity index (χ0) is 15.4. The summed E-state index contributed by atoms with van der Waals surface area (Å²) in [7, 11) is 2.14. The van der Waals surface area contributed by atoms with E-state index in [4.69, 9.17) is 10.5 Å². The molecule has 2 aliphatic rings. The fourth-order valence-electron chi connectivity index (χ4n) is 3.97. The first kappa shape index (κ1) is 14.0. The standard InChI is InChI=1S/C15H21N5O/c1-8-7-20(4)9(2)5-15(8)10(3)11(6-16)21-14-12(15)13(17)18-19-14/h8-9H,5,7H2,1-4H3,(H3,17,18,19)/t8-,9?,15?/m0/s1. The number of piperidine rings is 1. The van der Waals surface area contributed by atoms with Crippen molar-refractivity contribution in [3.63, 3.8) is 0 Å². The number of allylic oxidation sites excluding steroid dienone is 2. The van der Waals surface area contributed by atoms with Gasteiger partial charge in [-0.05, 0) is 38.8 Å². The third kappa shape index (κ3) is 1.70. The molecule has 3 atom stereocenters. The van der Waals surface area contributed by atoms with E-state index in [1.165, 1.54) is 0 Å². The summed E-state index contributed by atoms with van der Waals surface area (Å²) < 4.78 is 5.63. The predicted molar refractivity (Wildman–Crippen MR) is 79.5 cm³/mol. The second-order valence-corrected chi connectivity index (χ2v) is 6.35. The van der Waals surface area contributed by atoms with Gasteiger partial charge in [-0.25, -0.2) is 0 Å². The minimum absolute atomic E-state index is 0.276. The molecule has 112 valence electrons. The highest BCUT2D eigenvalue weighted by atomic mass is 16.5. The number of ether oxygens (including phenoxy) is 1. The van der Waals surface area contributed by atoms with Crippen molar-refractivity contribution in [1.29, 1.82) is 5.26 Å². The number of aromatic amines is 1. The molecule has 1 aromatic heterocycles. The minimum atomic E-state index is -0.276. The lowest BCUT2D eigenvalue weighted by molar-refractivity contribution is 0.0878. The summed E-state index contributed by atoms with van der Waals surface area (Å²) in [6, 6.07) is 2.57. The maximum absolute atomic E-state index is 9.40. The van der Waals surface area contributed by atoms with E-state index in [1.807, 2.05) is 6.92 Å². The van der Waals surface area contributed by atoms with E-state index in [9.17, 15) is 5.26 Å². The molecule has 2 unspecified atom stereocenters. The molecule has 1 fully saturated rings. The molecule has 0 bridgehead atoms. The van der Waals surface area contributed by atoms with Gasteiger partial charge in [-0.1, -0.05) is 6.92 Å². The maximum Gasteiger partial charge on any atom is 0.245 e. The minimum Gasteiger partial charge on any atom is -0.426 e. The van der Waals surface area contributed by atoms with Gasteiger partial charge in [0.1, 0.15) is 11.9 Å². The number of nitrogen functional groups attached to an aromatic ring is 1. The van der Waals surface area contributed by atoms with Crippen LogP contribution in [0.2, 0.25) is 0 Å². The number of nitrogens with two attached hydrogens (primary N) is 1. The Morgan fingerprint density at radius 1 is 1.52 bits per heavy atom. The number of hydrogen-bond donors (Lipinski definition) is 2. The fourth-order valence-corrected chi connectivity index (χ4v) is 3.97. The smallest absolute Gasteiger partial charge is 0.245 e. The average Bonchev–Trinajstić information content (AvgIpc) is 2.81. The molecule has 0 saturated carbocycles. The number of aromatic nitrogens is 2. The van der Waals surface area contributed by atoms with E-state index >= 15 is 0 Å². The van der Waals surface area contributed by atoms with Crippen LogP contribution in [0.1, 0.15) is 32.8 Å². The van der Waals surface area contributed by atoms with Crippen molar-refractivity contribution in [3.8, 4) is 11.9 Å². The van der Waals surface area contributed by atoms with Gasteiger partial charge >= 0.3 is 0 Å². The molecular formula is C15H21N5O. The average molecular weight is 287 g/mol. The Balaban J connectivity index is 2.25. The predicted octanol–water partition coefficient (Wildman–Crippen LogP) is 1.78. The molecule has 0 aromatic carbocycles. The van der Waals surface area contributed by atoms with Crippen LogP contribution in [0, 0.1) is 17.2 Å². The van der Waals surface area contributed by atoms with E-state index in [0.29, 0.717) is 29.4 Å². The monoisotopic (exact) mass is 287 g/mol. The molecule has 3 heterocycles. The molecule has 3 N–H and O–H groups in total. The van der Waals surface area contributed by atoms with Gasteiger partial charge in [-0.3, -0.25) is 5.10 Å². The molecule has 1 aromatic rings. The van der Waals surface area contributed by atoms with Gasteiger partial charge in [0.25, 0.3) is 0 Å². The largest absolute Gasteiger partial charge is 0.426 e. The zero-order valence-electron chi connectivity index (χ0n) is 12.9. The lowest BCUT2D eigenvalue weighted by Gasteiger charge is -2.50. The zero-order valence-corrected chi connectivity index (χ0v) is 12.9. The summed E-state index contributed by atoms with van der Waals surface area (Å²) >= 11 is 0. The lowest BCUT2D eigenvalue weighted by atomic mass is 9.60. The van der Waals surface area contributed by atoms with Gasteiger partial charge in [0.2, 0.25) is 11.6 Å². The van der Waals surface area contributed by atoms with Crippen molar-refractivity contribution in [2.45, 2.75) is 38.6 Å². The van der Waals surface area contributed by atoms with Gasteiger partial charge in [-0.15, -0.1) is 5.10 Å². The van der Waals surface area contributed by atoms with Crippen LogP contribution in [-0.2, 0) is 5.41 Å². The highest BCUT2D eigenvalue weighted by molar-refractivity contribution is 5.60. The highest BCUT2D eigenvalue weighted by Gasteiger charge is 2.52. The number of nitriles is 1. The highest BCUT2D eigenvalue weighted by Crippen LogP contribution is 2.54. The quantitative estimate of drug-likeness (QED) is 0.759. The fraction of sp³-hybridized carbons (Fsp3) is 0.600. The first-order valence-corrected chi connectivity index (χ1v) is 7.25. The van der Waals surface area contributed by atoms with Crippen molar-refractivity contribution in [2.75, 3.05) is 19.3 Å². The Labute approximate surface area is 124 Å². The Bertz CT molecular complexity index is 656. The van der Waals surface area contributed by atoms with Crippen LogP contribution in [0.5, 0.6) is 5.88 Å². The number of hydrogen-bond acceptors (Lipinski definition) is 5. The van der Waals surface area contributed by atoms with E-state index in [0.717, 1.165) is 24.1 Å². The van der Waals surface area contributed by atoms with Crippen LogP contribution < -0.4 is 10.5 Å². The van der Waals surface area contributed by atoms with Crippen molar-refractivity contribution >= 4 is 5.82 Å². The molecule has 6 heteroatoms. The van der Waals surface area contributed by atoms with Crippen molar-refractivity contribution in [3.05, 3.63) is 16.9 Å². The van der Waals surface area contributed by atoms with Crippen molar-refractivity contribution in [1.82, 2.24) is 15.1 Å². The lowest BCUT2D eigenvalue weighted by Crippen LogP contribution is -2.53. The maximum atomic E-state index is 9.40. The number of nitrogens with one attached hydrogen (secondary N) is 1. The molecule has 1 spiro atoms. The summed E-state index contributed by atoms with van der Waals surface area (Å²) in [6.07, 6.45) is 0.905. The first-order chi connectivity index (χ1) is 9.91. The van der Waals surface area contributed by atoms with Gasteiger partial charge in [0.15, 0.2) is 0 Å². The molecule has 0 amide bonds. The summed E-state index contributed by atoms with van der Waals surface area (Å²) in [4.78, 5) is 2.35. The van der Waals surface area contributed by atoms with E-state index in [-0.39, 0.29) is 5.41 Å². The molecular weight excluding hydrogens is 266 g/mol. The number of rotatable bonds is 0. The van der Waals surface area contributed by atoms with Gasteiger partial charge in [0.05, 0.1) is 5.56 Å². The van der Waals surface area contributed by atoms with Crippen LogP contribution in [0.15, 0.2) is 11.3 Å². The third-order valence-corrected chi connectivity index (χ3v) is 5.29. The molecule has 0 aliphatic carbocycles. The number of fused-ring (bicyclic) bond motifs is 2. The van der Waals surface area contributed by atoms with Gasteiger partial charge < -0.3 is 15.4 Å². The second-order valence-electron chi connectivity index (χ2n) is 6.35. The number of nitrogens with zero attached hydrogens (tertiary/aromatic N) is 3. The first-order valence-electron chi connectivity index (χ1n) is 7.25. The third-order valence-electron chi connectivity index (χ3n) is 5.29. The normalized spacial score (nSPS) is 32.7. The van der Waals surface area contributed by atoms with E-state index in [1.54, 1.807) is 0 Å². The van der Waals surface area contributed by atoms with Crippen LogP contribution in [0.3, 0.4) is 0 Å². The number of anilines is 1. The van der Waals surface area contributed by atoms with Crippen LogP contribution >= 0.6 is 0 Å². The molecule has 1 saturated heterocycles. The molecule has 6 nitrogen and oxygen atoms in total. The summed E-state index contributed by atoms with van der Waals surface area (Å²) in [5.41, 5.74) is 7.76. The number of H-pyrrole nitrogens is 1. The van der Waals surface area contributed by atoms with Crippen LogP contribution in [0.4, 0.5) is 5.82 Å². The summed E-state index contributed by atoms with van der Waals surface area (Å²) in [5, 5.41) is 16.4. The van der Waals surface area contributed by atoms with Crippen molar-refractivity contribution < 1.29 is 4.74 Å². The molecule has 3 rings (SSSR count). The van der Waals surface area contributed by atoms with Gasteiger partial charge in [-0.2, -0.15) is 5.26 Å². The Morgan fingerprint density at radius 3 is 2.90 bits per heavy atom. The van der Waals surface area contributed by atoms with E-state index < -0.39 is 0 Å². The summed E-state index contributed by atoms with van der Waals surface area (Å²) in [5.74, 6) is 1.69. The van der Waals surface area contributed by atoms with Crippen LogP contribution in [0.25, 0.3) is 0 Å². The Hall–Kier alpha value is -2.00. The second kappa shape index (κ2) is 4.50. The van der Waals surface area contributed by atoms with E-state index in [2.05, 4.69) is 42.1 Å².